The lowest BCUT2D eigenvalue weighted by molar-refractivity contribution is 0.308. The number of nitrogens with zero attached hydrogens (tertiary/aromatic N) is 5. The minimum absolute atomic E-state index is 0.413. The molecular formula is C23H12N6O3S2. The Morgan fingerprint density at radius 2 is 1.82 bits per heavy atom. The number of hydrogen-bond donors (Lipinski definition) is 1. The van der Waals surface area contributed by atoms with E-state index in [0.717, 1.165) is 42.9 Å². The van der Waals surface area contributed by atoms with Crippen LogP contribution in [0.25, 0.3) is 44.5 Å². The van der Waals surface area contributed by atoms with Gasteiger partial charge in [-0.05, 0) is 17.3 Å². The highest BCUT2D eigenvalue weighted by molar-refractivity contribution is 8.00. The number of aromatic nitrogens is 5. The van der Waals surface area contributed by atoms with Gasteiger partial charge < -0.3 is 14.3 Å². The fraction of sp³-hybridized carbons (Fsp3) is 0. The number of anilines is 2. The Balaban J connectivity index is 1.68. The van der Waals surface area contributed by atoms with E-state index in [1.807, 2.05) is 23.6 Å². The second-order valence-electron chi connectivity index (χ2n) is 7.28. The number of para-hydroxylation sites is 1. The predicted molar refractivity (Wildman–Crippen MR) is 126 cm³/mol. The summed E-state index contributed by atoms with van der Waals surface area (Å²) in [5.74, 6) is 0.413. The monoisotopic (exact) mass is 484 g/mol. The van der Waals surface area contributed by atoms with Crippen molar-refractivity contribution in [2.75, 3.05) is 5.32 Å². The molecule has 11 heteroatoms. The van der Waals surface area contributed by atoms with E-state index in [2.05, 4.69) is 36.8 Å². The molecule has 0 spiro atoms. The zero-order chi connectivity index (χ0) is 22.5. The van der Waals surface area contributed by atoms with Crippen molar-refractivity contribution in [3.63, 3.8) is 0 Å². The Hall–Kier alpha value is -4.22. The zero-order valence-electron chi connectivity index (χ0n) is 17.1. The van der Waals surface area contributed by atoms with Gasteiger partial charge in [0, 0.05) is 44.1 Å². The van der Waals surface area contributed by atoms with Crippen molar-refractivity contribution in [2.45, 2.75) is 9.79 Å². The number of fused-ring (bicyclic) bond motifs is 2. The van der Waals surface area contributed by atoms with Gasteiger partial charge in [0.05, 0.1) is 29.3 Å². The molecule has 164 valence electrons. The number of hydrogen-bond acceptors (Lipinski definition) is 11. The standard InChI is InChI=1S/C23H12N6O3S2/c1-2-4-15-12(3-1)27-20-19(23-25-7-10-33-23)16(13-5-8-31-28-13)18(22-24-6-9-30-22)17(21(20)34-15)14-11-26-32-29-14/h1-11,27H. The normalized spacial score (nSPS) is 12.2. The number of rotatable bonds is 4. The lowest BCUT2D eigenvalue weighted by Gasteiger charge is -2.28. The Morgan fingerprint density at radius 3 is 2.59 bits per heavy atom. The first-order chi connectivity index (χ1) is 16.9. The maximum Gasteiger partial charge on any atom is 0.227 e. The lowest BCUT2D eigenvalue weighted by Crippen LogP contribution is -2.07. The summed E-state index contributed by atoms with van der Waals surface area (Å²) < 4.78 is 16.1. The molecule has 1 aliphatic heterocycles. The third-order valence-electron chi connectivity index (χ3n) is 5.42. The molecule has 0 saturated heterocycles. The van der Waals surface area contributed by atoms with E-state index in [1.165, 1.54) is 23.9 Å². The van der Waals surface area contributed by atoms with Crippen molar-refractivity contribution in [3.05, 3.63) is 66.8 Å². The third kappa shape index (κ3) is 2.91. The molecule has 0 amide bonds. The largest absolute Gasteiger partial charge is 0.444 e. The van der Waals surface area contributed by atoms with Crippen LogP contribution in [-0.4, -0.2) is 25.4 Å². The third-order valence-corrected chi connectivity index (χ3v) is 7.40. The number of nitrogens with one attached hydrogen (secondary N) is 1. The average molecular weight is 485 g/mol. The van der Waals surface area contributed by atoms with Crippen molar-refractivity contribution in [2.24, 2.45) is 0 Å². The van der Waals surface area contributed by atoms with Gasteiger partial charge in [-0.3, -0.25) is 0 Å². The van der Waals surface area contributed by atoms with Gasteiger partial charge >= 0.3 is 0 Å². The molecule has 0 aliphatic carbocycles. The zero-order valence-corrected chi connectivity index (χ0v) is 18.8. The summed E-state index contributed by atoms with van der Waals surface area (Å²) in [4.78, 5) is 11.1. The summed E-state index contributed by atoms with van der Waals surface area (Å²) in [5, 5.41) is 18.7. The van der Waals surface area contributed by atoms with Crippen molar-refractivity contribution >= 4 is 34.5 Å². The summed E-state index contributed by atoms with van der Waals surface area (Å²) in [6.07, 6.45) is 8.04. The van der Waals surface area contributed by atoms with Crippen LogP contribution in [0.5, 0.6) is 0 Å². The van der Waals surface area contributed by atoms with Gasteiger partial charge in [-0.1, -0.05) is 34.2 Å². The topological polar surface area (TPSA) is 116 Å². The first-order valence-corrected chi connectivity index (χ1v) is 11.8. The number of thiazole rings is 1. The molecular weight excluding hydrogens is 472 g/mol. The molecule has 0 saturated carbocycles. The minimum atomic E-state index is 0.413. The molecule has 6 aromatic rings. The second kappa shape index (κ2) is 7.68. The van der Waals surface area contributed by atoms with Crippen LogP contribution in [0.1, 0.15) is 0 Å². The molecule has 0 fully saturated rings. The van der Waals surface area contributed by atoms with Crippen LogP contribution in [0.15, 0.2) is 90.2 Å². The van der Waals surface area contributed by atoms with Gasteiger partial charge in [0.15, 0.2) is 0 Å². The van der Waals surface area contributed by atoms with Crippen LogP contribution in [0, 0.1) is 0 Å². The van der Waals surface area contributed by atoms with Gasteiger partial charge in [0.1, 0.15) is 28.9 Å². The maximum absolute atomic E-state index is 5.83. The van der Waals surface area contributed by atoms with E-state index in [1.54, 1.807) is 36.4 Å². The van der Waals surface area contributed by atoms with Crippen molar-refractivity contribution in [1.82, 2.24) is 25.4 Å². The number of benzene rings is 2. The van der Waals surface area contributed by atoms with Crippen LogP contribution in [-0.2, 0) is 0 Å². The summed E-state index contributed by atoms with van der Waals surface area (Å²) in [6.45, 7) is 0. The smallest absolute Gasteiger partial charge is 0.227 e. The fourth-order valence-electron chi connectivity index (χ4n) is 4.09. The second-order valence-corrected chi connectivity index (χ2v) is 9.23. The first-order valence-electron chi connectivity index (χ1n) is 10.1. The SMILES string of the molecule is c1ccc2c(c1)Nc1c(c(-c3cnon3)c(-c3ncco3)c(-c3ccon3)c1-c1nccs1)S2. The maximum atomic E-state index is 5.83. The van der Waals surface area contributed by atoms with Crippen LogP contribution >= 0.6 is 23.1 Å². The van der Waals surface area contributed by atoms with E-state index in [9.17, 15) is 0 Å². The van der Waals surface area contributed by atoms with Gasteiger partial charge in [0.25, 0.3) is 0 Å². The molecule has 0 radical (unpaired) electrons. The van der Waals surface area contributed by atoms with Crippen molar-refractivity contribution in [1.29, 1.82) is 0 Å². The van der Waals surface area contributed by atoms with E-state index in [4.69, 9.17) is 13.6 Å². The molecule has 1 aliphatic rings. The molecule has 34 heavy (non-hydrogen) atoms. The molecule has 5 heterocycles. The summed E-state index contributed by atoms with van der Waals surface area (Å²) >= 11 is 3.16. The van der Waals surface area contributed by atoms with Gasteiger partial charge in [-0.15, -0.1) is 11.3 Å². The van der Waals surface area contributed by atoms with E-state index >= 15 is 0 Å². The van der Waals surface area contributed by atoms with Gasteiger partial charge in [0.2, 0.25) is 5.89 Å². The van der Waals surface area contributed by atoms with Gasteiger partial charge in [-0.2, -0.15) is 0 Å². The summed E-state index contributed by atoms with van der Waals surface area (Å²) in [5.41, 5.74) is 6.14. The average Bonchev–Trinajstić information content (AvgIpc) is 3.69. The molecule has 4 aromatic heterocycles. The highest BCUT2D eigenvalue weighted by Crippen LogP contribution is 2.58. The van der Waals surface area contributed by atoms with Gasteiger partial charge in [-0.25, -0.2) is 14.6 Å². The van der Waals surface area contributed by atoms with Crippen LogP contribution in [0.3, 0.4) is 0 Å². The Morgan fingerprint density at radius 1 is 0.853 bits per heavy atom. The lowest BCUT2D eigenvalue weighted by atomic mass is 9.90. The number of oxazole rings is 1. The predicted octanol–water partition coefficient (Wildman–Crippen LogP) is 6.38. The molecule has 0 atom stereocenters. The summed E-state index contributed by atoms with van der Waals surface area (Å²) in [7, 11) is 0. The molecule has 0 bridgehead atoms. The molecule has 7 rings (SSSR count). The Labute approximate surface area is 199 Å². The van der Waals surface area contributed by atoms with Crippen molar-refractivity contribution < 1.29 is 13.6 Å². The van der Waals surface area contributed by atoms with Crippen LogP contribution in [0.4, 0.5) is 11.4 Å². The molecule has 9 nitrogen and oxygen atoms in total. The summed E-state index contributed by atoms with van der Waals surface area (Å²) in [6, 6.07) is 9.94. The van der Waals surface area contributed by atoms with Crippen molar-refractivity contribution in [3.8, 4) is 44.5 Å². The minimum Gasteiger partial charge on any atom is -0.444 e. The first kappa shape index (κ1) is 19.3. The molecule has 2 aromatic carbocycles. The molecule has 0 unspecified atom stereocenters. The fourth-order valence-corrected chi connectivity index (χ4v) is 5.94. The van der Waals surface area contributed by atoms with E-state index in [-0.39, 0.29) is 0 Å². The highest BCUT2D eigenvalue weighted by Gasteiger charge is 2.34. The highest BCUT2D eigenvalue weighted by atomic mass is 32.2. The van der Waals surface area contributed by atoms with E-state index < -0.39 is 0 Å². The van der Waals surface area contributed by atoms with Crippen LogP contribution < -0.4 is 5.32 Å². The van der Waals surface area contributed by atoms with Crippen LogP contribution in [0.2, 0.25) is 0 Å². The Kier molecular flexibility index (Phi) is 4.35. The Bertz CT molecular complexity index is 1470. The quantitative estimate of drug-likeness (QED) is 0.302. The van der Waals surface area contributed by atoms with E-state index in [0.29, 0.717) is 22.8 Å². The molecule has 1 N–H and O–H groups in total.